The topological polar surface area (TPSA) is 148 Å². The fourth-order valence-corrected chi connectivity index (χ4v) is 4.26. The summed E-state index contributed by atoms with van der Waals surface area (Å²) < 4.78 is 43.9. The third-order valence-electron chi connectivity index (χ3n) is 6.43. The molecule has 0 saturated heterocycles. The van der Waals surface area contributed by atoms with E-state index < -0.39 is 40.6 Å². The molecule has 1 atom stereocenters. The lowest BCUT2D eigenvalue weighted by molar-refractivity contribution is -0.199. The third-order valence-corrected chi connectivity index (χ3v) is 6.43. The van der Waals surface area contributed by atoms with Gasteiger partial charge in [-0.05, 0) is 86.5 Å². The van der Waals surface area contributed by atoms with Crippen LogP contribution >= 0.6 is 0 Å². The Bertz CT molecular complexity index is 1650. The smallest absolute Gasteiger partial charge is 0.493 e. The number of rotatable bonds is 12. The minimum Gasteiger partial charge on any atom is -0.506 e. The van der Waals surface area contributed by atoms with Crippen molar-refractivity contribution < 1.29 is 37.8 Å². The molecule has 0 fully saturated rings. The van der Waals surface area contributed by atoms with Crippen molar-refractivity contribution in [2.24, 2.45) is 5.73 Å². The van der Waals surface area contributed by atoms with Gasteiger partial charge in [-0.2, -0.15) is 13.2 Å². The number of carbonyl (C=O) groups excluding carboxylic acids is 1. The first kappa shape index (κ1) is 32.3. The van der Waals surface area contributed by atoms with Gasteiger partial charge in [0.1, 0.15) is 23.6 Å². The highest BCUT2D eigenvalue weighted by Gasteiger charge is 2.42. The van der Waals surface area contributed by atoms with Crippen LogP contribution in [0.3, 0.4) is 0 Å². The zero-order chi connectivity index (χ0) is 32.1. The first-order valence-electron chi connectivity index (χ1n) is 13.6. The minimum atomic E-state index is -5.36. The molecule has 3 aromatic carbocycles. The van der Waals surface area contributed by atoms with Crippen molar-refractivity contribution in [1.82, 2.24) is 10.0 Å². The molecule has 6 N–H and O–H groups in total. The van der Waals surface area contributed by atoms with Crippen molar-refractivity contribution in [3.63, 3.8) is 0 Å². The first-order chi connectivity index (χ1) is 20.7. The molecule has 0 aliphatic rings. The summed E-state index contributed by atoms with van der Waals surface area (Å²) in [4.78, 5) is 27.7. The number of alkyl halides is 3. The summed E-state index contributed by atoms with van der Waals surface area (Å²) in [5, 5.41) is 27.5. The predicted molar refractivity (Wildman–Crippen MR) is 159 cm³/mol. The molecular formula is C31H33F3N4O6. The molecule has 234 valence electrons. The molecule has 0 bridgehead atoms. The van der Waals surface area contributed by atoms with E-state index in [0.717, 1.165) is 34.8 Å². The van der Waals surface area contributed by atoms with Gasteiger partial charge in [-0.3, -0.25) is 4.79 Å². The van der Waals surface area contributed by atoms with E-state index in [1.165, 1.54) is 12.1 Å². The number of aliphatic hydroxyl groups is 1. The first-order valence-corrected chi connectivity index (χ1v) is 13.6. The molecule has 44 heavy (non-hydrogen) atoms. The molecule has 13 heteroatoms. The Morgan fingerprint density at radius 2 is 1.61 bits per heavy atom. The lowest BCUT2D eigenvalue weighted by atomic mass is 10.0. The average molecular weight is 615 g/mol. The largest absolute Gasteiger partial charge is 0.506 e. The highest BCUT2D eigenvalue weighted by Crippen LogP contribution is 2.30. The van der Waals surface area contributed by atoms with Crippen LogP contribution in [0, 0.1) is 0 Å². The van der Waals surface area contributed by atoms with Crippen LogP contribution in [0.4, 0.5) is 24.5 Å². The molecule has 0 saturated carbocycles. The Morgan fingerprint density at radius 3 is 2.23 bits per heavy atom. The maximum atomic E-state index is 12.7. The normalized spacial score (nSPS) is 12.6. The lowest BCUT2D eigenvalue weighted by Gasteiger charge is -2.19. The molecule has 0 amide bonds. The van der Waals surface area contributed by atoms with E-state index in [1.54, 1.807) is 0 Å². The number of pyridine rings is 1. The number of aliphatic hydroxyl groups excluding tert-OH is 1. The standard InChI is InChI=1S/C31H33F3N4O6/c1-30(2,35)18-43-22-9-7-21(8-10-22)37-20-5-3-19(4-6-20)15-16-36-17-26(40)23-11-13-25(39)28-24(23)12-14-27(41)38(28)44-29(42)31(32,33)34/h3-14,26,36-37,39-40H,15-18,35H2,1-2H3/t26-/m0/s1. The fraction of sp³-hybridized carbons (Fsp3) is 0.290. The molecule has 0 radical (unpaired) electrons. The second kappa shape index (κ2) is 13.4. The molecule has 1 aromatic heterocycles. The zero-order valence-electron chi connectivity index (χ0n) is 24.0. The molecule has 1 heterocycles. The molecule has 0 aliphatic carbocycles. The number of anilines is 2. The van der Waals surface area contributed by atoms with Gasteiger partial charge in [0.25, 0.3) is 5.56 Å². The van der Waals surface area contributed by atoms with E-state index in [-0.39, 0.29) is 22.2 Å². The molecular weight excluding hydrogens is 581 g/mol. The average Bonchev–Trinajstić information content (AvgIpc) is 2.96. The number of nitrogens with one attached hydrogen (secondary N) is 2. The van der Waals surface area contributed by atoms with Gasteiger partial charge < -0.3 is 36.2 Å². The van der Waals surface area contributed by atoms with E-state index in [0.29, 0.717) is 19.6 Å². The number of aromatic hydroxyl groups is 1. The summed E-state index contributed by atoms with van der Waals surface area (Å²) in [5.41, 5.74) is 6.98. The van der Waals surface area contributed by atoms with Crippen LogP contribution in [0.25, 0.3) is 10.9 Å². The highest BCUT2D eigenvalue weighted by atomic mass is 19.4. The van der Waals surface area contributed by atoms with Crippen molar-refractivity contribution >= 4 is 28.2 Å². The van der Waals surface area contributed by atoms with Crippen LogP contribution in [0.5, 0.6) is 11.5 Å². The van der Waals surface area contributed by atoms with Gasteiger partial charge in [0.15, 0.2) is 0 Å². The third kappa shape index (κ3) is 8.49. The second-order valence-corrected chi connectivity index (χ2v) is 10.9. The maximum Gasteiger partial charge on any atom is 0.493 e. The Kier molecular flexibility index (Phi) is 9.82. The Labute approximate surface area is 250 Å². The molecule has 4 aromatic rings. The maximum absolute atomic E-state index is 12.7. The minimum absolute atomic E-state index is 0.0404. The number of benzene rings is 3. The van der Waals surface area contributed by atoms with Gasteiger partial charge in [-0.15, -0.1) is 4.73 Å². The number of phenols is 1. The van der Waals surface area contributed by atoms with Crippen LogP contribution in [-0.4, -0.2) is 52.3 Å². The second-order valence-electron chi connectivity index (χ2n) is 10.9. The zero-order valence-corrected chi connectivity index (χ0v) is 24.0. The molecule has 0 unspecified atom stereocenters. The van der Waals surface area contributed by atoms with Gasteiger partial charge >= 0.3 is 12.1 Å². The lowest BCUT2D eigenvalue weighted by Crippen LogP contribution is -2.38. The van der Waals surface area contributed by atoms with Gasteiger partial charge in [0.05, 0.1) is 6.10 Å². The van der Waals surface area contributed by atoms with E-state index >= 15 is 0 Å². The van der Waals surface area contributed by atoms with Gasteiger partial charge in [0, 0.05) is 34.9 Å². The molecule has 4 rings (SSSR count). The van der Waals surface area contributed by atoms with Crippen molar-refractivity contribution in [1.29, 1.82) is 0 Å². The molecule has 0 aliphatic heterocycles. The Morgan fingerprint density at radius 1 is 0.977 bits per heavy atom. The number of halogens is 3. The van der Waals surface area contributed by atoms with Crippen molar-refractivity contribution in [3.05, 3.63) is 94.3 Å². The summed E-state index contributed by atoms with van der Waals surface area (Å²) in [7, 11) is 0. The Hall–Kier alpha value is -4.59. The Balaban J connectivity index is 1.32. The number of ether oxygens (including phenoxy) is 1. The van der Waals surface area contributed by atoms with Crippen molar-refractivity contribution in [3.8, 4) is 11.5 Å². The summed E-state index contributed by atoms with van der Waals surface area (Å²) in [6.07, 6.45) is -5.88. The van der Waals surface area contributed by atoms with Gasteiger partial charge in [0.2, 0.25) is 0 Å². The van der Waals surface area contributed by atoms with E-state index in [9.17, 15) is 33.0 Å². The highest BCUT2D eigenvalue weighted by molar-refractivity contribution is 5.88. The van der Waals surface area contributed by atoms with E-state index in [1.807, 2.05) is 62.4 Å². The summed E-state index contributed by atoms with van der Waals surface area (Å²) in [5.74, 6) is -2.51. The van der Waals surface area contributed by atoms with E-state index in [4.69, 9.17) is 10.5 Å². The number of phenolic OH excluding ortho intramolecular Hbond substituents is 1. The fourth-order valence-electron chi connectivity index (χ4n) is 4.26. The monoisotopic (exact) mass is 614 g/mol. The quantitative estimate of drug-likeness (QED) is 0.150. The number of nitrogens with two attached hydrogens (primary N) is 1. The summed E-state index contributed by atoms with van der Waals surface area (Å²) in [6.45, 7) is 4.74. The van der Waals surface area contributed by atoms with Gasteiger partial charge in [-0.1, -0.05) is 18.2 Å². The summed E-state index contributed by atoms with van der Waals surface area (Å²) >= 11 is 0. The van der Waals surface area contributed by atoms with E-state index in [2.05, 4.69) is 15.5 Å². The molecule has 10 nitrogen and oxygen atoms in total. The summed E-state index contributed by atoms with van der Waals surface area (Å²) in [6, 6.07) is 20.0. The van der Waals surface area contributed by atoms with Crippen LogP contribution in [-0.2, 0) is 11.2 Å². The SMILES string of the molecule is CC(C)(N)COc1ccc(Nc2ccc(CCNC[C@H](O)c3ccc(O)c4c3ccc(=O)n4OC(=O)C(F)(F)F)cc2)cc1. The predicted octanol–water partition coefficient (Wildman–Crippen LogP) is 3.95. The molecule has 0 spiro atoms. The number of hydrogen-bond donors (Lipinski definition) is 5. The van der Waals surface area contributed by atoms with Crippen molar-refractivity contribution in [2.45, 2.75) is 38.1 Å². The number of aromatic nitrogens is 1. The number of fused-ring (bicyclic) bond motifs is 1. The number of carbonyl (C=O) groups is 1. The van der Waals surface area contributed by atoms with Crippen LogP contribution in [0.15, 0.2) is 77.6 Å². The van der Waals surface area contributed by atoms with Gasteiger partial charge in [-0.25, -0.2) is 4.79 Å². The van der Waals surface area contributed by atoms with Crippen LogP contribution in [0.2, 0.25) is 0 Å². The van der Waals surface area contributed by atoms with Crippen LogP contribution in [0.1, 0.15) is 31.1 Å². The number of hydrogen-bond acceptors (Lipinski definition) is 9. The van der Waals surface area contributed by atoms with Crippen molar-refractivity contribution in [2.75, 3.05) is 25.0 Å². The van der Waals surface area contributed by atoms with Crippen LogP contribution < -0.4 is 31.5 Å². The number of nitrogens with zero attached hydrogens (tertiary/aromatic N) is 1.